The van der Waals surface area contributed by atoms with Gasteiger partial charge < -0.3 is 15.4 Å². The van der Waals surface area contributed by atoms with Gasteiger partial charge in [0.05, 0.1) is 16.3 Å². The van der Waals surface area contributed by atoms with Crippen LogP contribution in [0.4, 0.5) is 5.95 Å². The van der Waals surface area contributed by atoms with Crippen molar-refractivity contribution in [3.63, 3.8) is 0 Å². The number of piperidine rings is 1. The highest BCUT2D eigenvalue weighted by atomic mass is 35.5. The number of nitrogens with one attached hydrogen (secondary N) is 3. The van der Waals surface area contributed by atoms with Crippen LogP contribution in [0.15, 0.2) is 78.0 Å². The number of benzene rings is 2. The Hall–Kier alpha value is -4.06. The van der Waals surface area contributed by atoms with Crippen molar-refractivity contribution >= 4 is 33.5 Å². The van der Waals surface area contributed by atoms with Crippen LogP contribution in [0.1, 0.15) is 28.8 Å². The molecule has 3 heterocycles. The van der Waals surface area contributed by atoms with E-state index in [9.17, 15) is 13.2 Å². The Kier molecular flexibility index (Phi) is 8.24. The first kappa shape index (κ1) is 27.5. The van der Waals surface area contributed by atoms with Gasteiger partial charge in [0.2, 0.25) is 11.8 Å². The van der Waals surface area contributed by atoms with Gasteiger partial charge in [0.1, 0.15) is 10.6 Å². The third-order valence-electron chi connectivity index (χ3n) is 6.34. The Balaban J connectivity index is 1.38. The molecule has 206 valence electrons. The summed E-state index contributed by atoms with van der Waals surface area (Å²) in [6, 6.07) is 16.2. The van der Waals surface area contributed by atoms with Crippen LogP contribution >= 0.6 is 11.6 Å². The minimum absolute atomic E-state index is 0.0110. The van der Waals surface area contributed by atoms with E-state index in [0.717, 1.165) is 31.5 Å². The molecule has 0 aliphatic carbocycles. The maximum absolute atomic E-state index is 12.9. The second kappa shape index (κ2) is 12.0. The summed E-state index contributed by atoms with van der Waals surface area (Å²) in [5.74, 6) is 0.296. The SMILES string of the molecule is Cc1ccc(C(=O)NS(=O)(=O)c2ccccc2Cl)cc1Oc1ncccc1-c1ccnc(N[C@H]2CCCNC2)n1. The van der Waals surface area contributed by atoms with E-state index in [1.165, 1.54) is 30.3 Å². The quantitative estimate of drug-likeness (QED) is 0.274. The number of halogens is 1. The largest absolute Gasteiger partial charge is 0.438 e. The van der Waals surface area contributed by atoms with Crippen molar-refractivity contribution in [2.45, 2.75) is 30.7 Å². The zero-order valence-corrected chi connectivity index (χ0v) is 23.2. The monoisotopic (exact) mass is 578 g/mol. The molecule has 2 aromatic heterocycles. The molecule has 0 unspecified atom stereocenters. The normalized spacial score (nSPS) is 15.3. The molecule has 2 aromatic carbocycles. The van der Waals surface area contributed by atoms with Gasteiger partial charge in [-0.1, -0.05) is 29.8 Å². The van der Waals surface area contributed by atoms with Crippen LogP contribution in [-0.2, 0) is 10.0 Å². The van der Waals surface area contributed by atoms with E-state index in [4.69, 9.17) is 16.3 Å². The predicted molar refractivity (Wildman–Crippen MR) is 152 cm³/mol. The predicted octanol–water partition coefficient (Wildman–Crippen LogP) is 4.58. The van der Waals surface area contributed by atoms with Crippen molar-refractivity contribution in [1.29, 1.82) is 0 Å². The average Bonchev–Trinajstić information content (AvgIpc) is 2.95. The average molecular weight is 579 g/mol. The molecule has 4 aromatic rings. The molecule has 0 radical (unpaired) electrons. The molecule has 1 aliphatic rings. The van der Waals surface area contributed by atoms with Gasteiger partial charge in [-0.05, 0) is 74.3 Å². The van der Waals surface area contributed by atoms with Crippen LogP contribution in [0.3, 0.4) is 0 Å². The van der Waals surface area contributed by atoms with Crippen molar-refractivity contribution in [2.75, 3.05) is 18.4 Å². The molecule has 0 bridgehead atoms. The highest BCUT2D eigenvalue weighted by Gasteiger charge is 2.22. The highest BCUT2D eigenvalue weighted by Crippen LogP contribution is 2.32. The number of ether oxygens (including phenoxy) is 1. The number of nitrogens with zero attached hydrogens (tertiary/aromatic N) is 3. The van der Waals surface area contributed by atoms with Crippen LogP contribution in [0.25, 0.3) is 11.3 Å². The van der Waals surface area contributed by atoms with Crippen LogP contribution in [0.5, 0.6) is 11.6 Å². The van der Waals surface area contributed by atoms with Crippen LogP contribution in [-0.4, -0.2) is 48.4 Å². The zero-order chi connectivity index (χ0) is 28.1. The molecule has 0 spiro atoms. The number of anilines is 1. The van der Waals surface area contributed by atoms with E-state index in [0.29, 0.717) is 23.0 Å². The number of carbonyl (C=O) groups is 1. The number of aryl methyl sites for hydroxylation is 1. The minimum Gasteiger partial charge on any atom is -0.438 e. The molecule has 0 saturated carbocycles. The second-order valence-corrected chi connectivity index (χ2v) is 11.3. The maximum Gasteiger partial charge on any atom is 0.265 e. The molecule has 1 amide bonds. The Morgan fingerprint density at radius 1 is 1.07 bits per heavy atom. The number of hydrogen-bond acceptors (Lipinski definition) is 9. The summed E-state index contributed by atoms with van der Waals surface area (Å²) in [6.45, 7) is 3.66. The summed E-state index contributed by atoms with van der Waals surface area (Å²) >= 11 is 6.03. The molecule has 12 heteroatoms. The lowest BCUT2D eigenvalue weighted by molar-refractivity contribution is 0.0981. The molecule has 5 rings (SSSR count). The number of aromatic nitrogens is 3. The minimum atomic E-state index is -4.19. The first-order valence-corrected chi connectivity index (χ1v) is 14.5. The number of rotatable bonds is 8. The van der Waals surface area contributed by atoms with Crippen molar-refractivity contribution in [3.8, 4) is 22.9 Å². The lowest BCUT2D eigenvalue weighted by Crippen LogP contribution is -2.38. The Morgan fingerprint density at radius 3 is 2.73 bits per heavy atom. The fourth-order valence-electron chi connectivity index (χ4n) is 4.26. The van der Waals surface area contributed by atoms with Crippen LogP contribution in [0, 0.1) is 6.92 Å². The number of carbonyl (C=O) groups excluding carboxylic acids is 1. The molecular formula is C28H27ClN6O4S. The van der Waals surface area contributed by atoms with E-state index in [1.807, 2.05) is 13.0 Å². The number of amides is 1. The van der Waals surface area contributed by atoms with Gasteiger partial charge in [-0.2, -0.15) is 0 Å². The Bertz CT molecular complexity index is 1640. The first-order valence-electron chi connectivity index (χ1n) is 12.7. The summed E-state index contributed by atoms with van der Waals surface area (Å²) in [5, 5.41) is 6.75. The molecule has 3 N–H and O–H groups in total. The van der Waals surface area contributed by atoms with Crippen molar-refractivity contribution in [3.05, 3.63) is 89.2 Å². The van der Waals surface area contributed by atoms with Gasteiger partial charge in [-0.3, -0.25) is 4.79 Å². The van der Waals surface area contributed by atoms with Gasteiger partial charge in [-0.25, -0.2) is 28.1 Å². The lowest BCUT2D eigenvalue weighted by Gasteiger charge is -2.23. The smallest absolute Gasteiger partial charge is 0.265 e. The van der Waals surface area contributed by atoms with E-state index < -0.39 is 15.9 Å². The topological polar surface area (TPSA) is 135 Å². The van der Waals surface area contributed by atoms with Crippen molar-refractivity contribution in [2.24, 2.45) is 0 Å². The third kappa shape index (κ3) is 6.39. The van der Waals surface area contributed by atoms with Crippen LogP contribution < -0.4 is 20.1 Å². The fourth-order valence-corrected chi connectivity index (χ4v) is 5.75. The third-order valence-corrected chi connectivity index (χ3v) is 8.17. The van der Waals surface area contributed by atoms with E-state index in [2.05, 4.69) is 30.3 Å². The summed E-state index contributed by atoms with van der Waals surface area (Å²) < 4.78 is 33.7. The summed E-state index contributed by atoms with van der Waals surface area (Å²) in [5.41, 5.74) is 2.05. The standard InChI is InChI=1S/C28H27ClN6O4S/c1-18-10-11-19(26(36)35-40(37,38)25-9-3-2-8-22(25)29)16-24(18)39-27-21(7-5-14-31-27)23-12-15-32-28(34-23)33-20-6-4-13-30-17-20/h2-3,5,7-12,14-16,20,30H,4,6,13,17H2,1H3,(H,35,36)(H,32,33,34)/t20-/m0/s1. The second-order valence-electron chi connectivity index (χ2n) is 9.26. The summed E-state index contributed by atoms with van der Waals surface area (Å²) in [6.07, 6.45) is 5.38. The number of hydrogen-bond donors (Lipinski definition) is 3. The fraction of sp³-hybridized carbons (Fsp3) is 0.214. The first-order chi connectivity index (χ1) is 19.3. The molecule has 1 saturated heterocycles. The molecule has 1 fully saturated rings. The van der Waals surface area contributed by atoms with E-state index in [1.54, 1.807) is 36.7 Å². The summed E-state index contributed by atoms with van der Waals surface area (Å²) in [7, 11) is -4.19. The molecular weight excluding hydrogens is 552 g/mol. The molecule has 1 atom stereocenters. The Morgan fingerprint density at radius 2 is 1.93 bits per heavy atom. The lowest BCUT2D eigenvalue weighted by atomic mass is 10.1. The summed E-state index contributed by atoms with van der Waals surface area (Å²) in [4.78, 5) is 26.2. The number of sulfonamides is 1. The van der Waals surface area contributed by atoms with E-state index >= 15 is 0 Å². The molecule has 40 heavy (non-hydrogen) atoms. The van der Waals surface area contributed by atoms with Gasteiger partial charge >= 0.3 is 0 Å². The van der Waals surface area contributed by atoms with Crippen LogP contribution in [0.2, 0.25) is 5.02 Å². The van der Waals surface area contributed by atoms with Gasteiger partial charge in [-0.15, -0.1) is 0 Å². The zero-order valence-electron chi connectivity index (χ0n) is 21.6. The molecule has 1 aliphatic heterocycles. The van der Waals surface area contributed by atoms with Gasteiger partial charge in [0, 0.05) is 30.5 Å². The van der Waals surface area contributed by atoms with Crippen molar-refractivity contribution in [1.82, 2.24) is 25.0 Å². The molecule has 10 nitrogen and oxygen atoms in total. The van der Waals surface area contributed by atoms with E-state index in [-0.39, 0.29) is 27.4 Å². The van der Waals surface area contributed by atoms with Gasteiger partial charge in [0.25, 0.3) is 15.9 Å². The highest BCUT2D eigenvalue weighted by molar-refractivity contribution is 7.90. The Labute approximate surface area is 237 Å². The van der Waals surface area contributed by atoms with Gasteiger partial charge in [0.15, 0.2) is 0 Å². The number of pyridine rings is 1. The van der Waals surface area contributed by atoms with Crippen molar-refractivity contribution < 1.29 is 17.9 Å². The maximum atomic E-state index is 12.9.